The van der Waals surface area contributed by atoms with Crippen LogP contribution in [0.4, 0.5) is 11.5 Å². The van der Waals surface area contributed by atoms with E-state index >= 15 is 0 Å². The van der Waals surface area contributed by atoms with Crippen LogP contribution < -0.4 is 10.1 Å². The lowest BCUT2D eigenvalue weighted by molar-refractivity contribution is 0.306. The molecule has 6 nitrogen and oxygen atoms in total. The third kappa shape index (κ3) is 5.53. The van der Waals surface area contributed by atoms with Crippen LogP contribution in [0.5, 0.6) is 11.5 Å². The first-order valence-electron chi connectivity index (χ1n) is 11.2. The fourth-order valence-electron chi connectivity index (χ4n) is 3.54. The number of pyridine rings is 1. The average Bonchev–Trinajstić information content (AvgIpc) is 2.86. The van der Waals surface area contributed by atoms with Gasteiger partial charge in [0, 0.05) is 21.6 Å². The van der Waals surface area contributed by atoms with Crippen LogP contribution in [0.2, 0.25) is 0 Å². The summed E-state index contributed by atoms with van der Waals surface area (Å²) in [6.45, 7) is 4.49. The van der Waals surface area contributed by atoms with E-state index in [1.54, 1.807) is 23.9 Å². The molecule has 0 fully saturated rings. The Balaban J connectivity index is 1.47. The fourth-order valence-corrected chi connectivity index (χ4v) is 4.42. The summed E-state index contributed by atoms with van der Waals surface area (Å²) in [7, 11) is 0. The number of aromatic nitrogens is 3. The molecule has 7 heteroatoms. The van der Waals surface area contributed by atoms with E-state index in [-0.39, 0.29) is 5.75 Å². The van der Waals surface area contributed by atoms with E-state index in [1.165, 1.54) is 11.9 Å². The third-order valence-electron chi connectivity index (χ3n) is 5.43. The van der Waals surface area contributed by atoms with Crippen LogP contribution in [0.25, 0.3) is 11.0 Å². The summed E-state index contributed by atoms with van der Waals surface area (Å²) in [4.78, 5) is 15.3. The van der Waals surface area contributed by atoms with Gasteiger partial charge in [-0.05, 0) is 67.9 Å². The lowest BCUT2D eigenvalue weighted by Gasteiger charge is -2.15. The van der Waals surface area contributed by atoms with Crippen molar-refractivity contribution >= 4 is 34.3 Å². The predicted molar refractivity (Wildman–Crippen MR) is 140 cm³/mol. The topological polar surface area (TPSA) is 80.2 Å². The Labute approximate surface area is 208 Å². The summed E-state index contributed by atoms with van der Waals surface area (Å²) in [6.07, 6.45) is 1.52. The van der Waals surface area contributed by atoms with Crippen molar-refractivity contribution in [1.82, 2.24) is 15.0 Å². The van der Waals surface area contributed by atoms with Crippen LogP contribution in [0.3, 0.4) is 0 Å². The summed E-state index contributed by atoms with van der Waals surface area (Å²) in [5, 5.41) is 13.9. The number of aryl methyl sites for hydroxylation is 2. The largest absolute Gasteiger partial charge is 0.508 e. The van der Waals surface area contributed by atoms with E-state index in [9.17, 15) is 5.11 Å². The molecule has 0 unspecified atom stereocenters. The highest BCUT2D eigenvalue weighted by atomic mass is 32.2. The summed E-state index contributed by atoms with van der Waals surface area (Å²) in [5.74, 6) is 1.66. The quantitative estimate of drug-likeness (QED) is 0.264. The number of ether oxygens (including phenoxy) is 1. The van der Waals surface area contributed by atoms with Gasteiger partial charge in [-0.15, -0.1) is 0 Å². The molecule has 0 amide bonds. The van der Waals surface area contributed by atoms with Gasteiger partial charge in [-0.1, -0.05) is 41.6 Å². The molecule has 174 valence electrons. The number of anilines is 2. The molecule has 2 aromatic heterocycles. The summed E-state index contributed by atoms with van der Waals surface area (Å²) < 4.78 is 6.11. The van der Waals surface area contributed by atoms with Crippen LogP contribution in [-0.4, -0.2) is 20.1 Å². The van der Waals surface area contributed by atoms with Gasteiger partial charge in [-0.25, -0.2) is 15.0 Å². The Morgan fingerprint density at radius 2 is 1.69 bits per heavy atom. The van der Waals surface area contributed by atoms with E-state index in [1.807, 2.05) is 49.4 Å². The molecule has 0 radical (unpaired) electrons. The second-order valence-electron chi connectivity index (χ2n) is 8.20. The predicted octanol–water partition coefficient (Wildman–Crippen LogP) is 6.82. The molecule has 35 heavy (non-hydrogen) atoms. The third-order valence-corrected chi connectivity index (χ3v) is 6.51. The van der Waals surface area contributed by atoms with Crippen molar-refractivity contribution in [2.24, 2.45) is 0 Å². The first kappa shape index (κ1) is 22.7. The number of benzene rings is 3. The normalized spacial score (nSPS) is 10.9. The number of phenolic OH excluding ortho intramolecular Hbond substituents is 1. The second-order valence-corrected chi connectivity index (χ2v) is 9.31. The molecule has 0 aliphatic heterocycles. The summed E-state index contributed by atoms with van der Waals surface area (Å²) in [5.41, 5.74) is 4.72. The monoisotopic (exact) mass is 480 g/mol. The standard InChI is InChI=1S/C28H24N4O2S/c1-18-3-6-20(7-4-18)16-34-22-10-14-26(35-23-11-8-21(33)9-12-23)25(15-22)32-28-24-13-5-19(2)31-27(24)29-17-30-28/h3-15,17,33H,16H2,1-2H3,(H,29,30,31,32). The zero-order valence-corrected chi connectivity index (χ0v) is 20.2. The highest BCUT2D eigenvalue weighted by Gasteiger charge is 2.12. The molecule has 0 saturated carbocycles. The number of phenols is 1. The Bertz CT molecular complexity index is 1470. The van der Waals surface area contributed by atoms with Crippen molar-refractivity contribution in [3.63, 3.8) is 0 Å². The highest BCUT2D eigenvalue weighted by Crippen LogP contribution is 2.38. The first-order valence-corrected chi connectivity index (χ1v) is 12.0. The van der Waals surface area contributed by atoms with Gasteiger partial charge in [0.25, 0.3) is 0 Å². The van der Waals surface area contributed by atoms with E-state index in [0.717, 1.165) is 37.9 Å². The highest BCUT2D eigenvalue weighted by molar-refractivity contribution is 7.99. The number of hydrogen-bond donors (Lipinski definition) is 2. The van der Waals surface area contributed by atoms with Crippen LogP contribution in [0.15, 0.2) is 95.0 Å². The van der Waals surface area contributed by atoms with Gasteiger partial charge in [0.2, 0.25) is 0 Å². The summed E-state index contributed by atoms with van der Waals surface area (Å²) in [6, 6.07) is 25.3. The Morgan fingerprint density at radius 1 is 0.886 bits per heavy atom. The molecule has 0 bridgehead atoms. The zero-order chi connectivity index (χ0) is 24.2. The number of hydrogen-bond acceptors (Lipinski definition) is 7. The molecule has 5 aromatic rings. The van der Waals surface area contributed by atoms with E-state index in [4.69, 9.17) is 4.74 Å². The summed E-state index contributed by atoms with van der Waals surface area (Å²) >= 11 is 1.59. The maximum atomic E-state index is 9.64. The van der Waals surface area contributed by atoms with Gasteiger partial charge >= 0.3 is 0 Å². The number of nitrogens with zero attached hydrogens (tertiary/aromatic N) is 3. The van der Waals surface area contributed by atoms with Crippen molar-refractivity contribution in [3.8, 4) is 11.5 Å². The molecular weight excluding hydrogens is 456 g/mol. The SMILES string of the molecule is Cc1ccc(COc2ccc(Sc3ccc(O)cc3)c(Nc3ncnc4nc(C)ccc34)c2)cc1. The van der Waals surface area contributed by atoms with Crippen LogP contribution in [0.1, 0.15) is 16.8 Å². The number of rotatable bonds is 7. The molecule has 0 aliphatic rings. The van der Waals surface area contributed by atoms with Gasteiger partial charge in [0.15, 0.2) is 5.65 Å². The van der Waals surface area contributed by atoms with Crippen LogP contribution in [-0.2, 0) is 6.61 Å². The maximum absolute atomic E-state index is 9.64. The second kappa shape index (κ2) is 10.0. The fraction of sp³-hybridized carbons (Fsp3) is 0.107. The van der Waals surface area contributed by atoms with Crippen molar-refractivity contribution in [2.45, 2.75) is 30.2 Å². The van der Waals surface area contributed by atoms with Crippen LogP contribution in [0, 0.1) is 13.8 Å². The first-order chi connectivity index (χ1) is 17.0. The molecular formula is C28H24N4O2S. The number of aromatic hydroxyl groups is 1. The zero-order valence-electron chi connectivity index (χ0n) is 19.4. The Kier molecular flexibility index (Phi) is 6.50. The number of fused-ring (bicyclic) bond motifs is 1. The smallest absolute Gasteiger partial charge is 0.164 e. The average molecular weight is 481 g/mol. The van der Waals surface area contributed by atoms with E-state index < -0.39 is 0 Å². The van der Waals surface area contributed by atoms with Crippen molar-refractivity contribution in [3.05, 3.63) is 102 Å². The molecule has 2 heterocycles. The molecule has 0 spiro atoms. The van der Waals surface area contributed by atoms with Gasteiger partial charge in [-0.3, -0.25) is 0 Å². The molecule has 2 N–H and O–H groups in total. The minimum absolute atomic E-state index is 0.239. The Hall–Kier alpha value is -4.10. The van der Waals surface area contributed by atoms with E-state index in [2.05, 4.69) is 51.5 Å². The number of nitrogens with one attached hydrogen (secondary N) is 1. The minimum atomic E-state index is 0.239. The van der Waals surface area contributed by atoms with Crippen molar-refractivity contribution in [2.75, 3.05) is 5.32 Å². The Morgan fingerprint density at radius 3 is 2.49 bits per heavy atom. The van der Waals surface area contributed by atoms with E-state index in [0.29, 0.717) is 18.1 Å². The molecule has 3 aromatic carbocycles. The van der Waals surface area contributed by atoms with Gasteiger partial charge in [-0.2, -0.15) is 0 Å². The van der Waals surface area contributed by atoms with Crippen molar-refractivity contribution < 1.29 is 9.84 Å². The van der Waals surface area contributed by atoms with Crippen LogP contribution >= 0.6 is 11.8 Å². The lowest BCUT2D eigenvalue weighted by atomic mass is 10.2. The molecule has 0 atom stereocenters. The van der Waals surface area contributed by atoms with Gasteiger partial charge < -0.3 is 15.2 Å². The van der Waals surface area contributed by atoms with Crippen molar-refractivity contribution in [1.29, 1.82) is 0 Å². The molecule has 0 aliphatic carbocycles. The van der Waals surface area contributed by atoms with Gasteiger partial charge in [0.1, 0.15) is 30.3 Å². The minimum Gasteiger partial charge on any atom is -0.508 e. The molecule has 0 saturated heterocycles. The maximum Gasteiger partial charge on any atom is 0.164 e. The van der Waals surface area contributed by atoms with Gasteiger partial charge in [0.05, 0.1) is 11.1 Å². The molecule has 5 rings (SSSR count). The lowest BCUT2D eigenvalue weighted by Crippen LogP contribution is -2.00.